The van der Waals surface area contributed by atoms with Gasteiger partial charge >= 0.3 is 0 Å². The molecule has 28 heavy (non-hydrogen) atoms. The second kappa shape index (κ2) is 8.51. The molecular formula is C19H19Cl2N5OS. The van der Waals surface area contributed by atoms with Gasteiger partial charge in [0.15, 0.2) is 5.17 Å². The van der Waals surface area contributed by atoms with E-state index in [1.165, 1.54) is 6.20 Å². The van der Waals surface area contributed by atoms with E-state index in [4.69, 9.17) is 28.9 Å². The Balaban J connectivity index is 1.78. The number of amides is 1. The number of hydrogen-bond acceptors (Lipinski definition) is 6. The first-order valence-corrected chi connectivity index (χ1v) is 10.2. The molecule has 0 fully saturated rings. The van der Waals surface area contributed by atoms with E-state index in [-0.39, 0.29) is 16.1 Å². The summed E-state index contributed by atoms with van der Waals surface area (Å²) < 4.78 is 0.121. The predicted octanol–water partition coefficient (Wildman–Crippen LogP) is 4.56. The summed E-state index contributed by atoms with van der Waals surface area (Å²) in [4.78, 5) is 25.7. The van der Waals surface area contributed by atoms with E-state index < -0.39 is 5.54 Å². The molecule has 1 aliphatic heterocycles. The number of rotatable bonds is 4. The summed E-state index contributed by atoms with van der Waals surface area (Å²) in [6.07, 6.45) is 5.53. The van der Waals surface area contributed by atoms with Crippen molar-refractivity contribution in [3.05, 3.63) is 58.1 Å². The monoisotopic (exact) mass is 435 g/mol. The number of nitrogens with two attached hydrogens (primary N) is 1. The van der Waals surface area contributed by atoms with E-state index in [2.05, 4.69) is 27.2 Å². The van der Waals surface area contributed by atoms with Crippen LogP contribution in [0, 0.1) is 0 Å². The summed E-state index contributed by atoms with van der Waals surface area (Å²) in [7, 11) is 0. The normalized spacial score (nSPS) is 21.6. The third-order valence-electron chi connectivity index (χ3n) is 4.23. The van der Waals surface area contributed by atoms with Gasteiger partial charge in [0, 0.05) is 23.3 Å². The lowest BCUT2D eigenvalue weighted by Gasteiger charge is -2.32. The number of nitrogens with one attached hydrogen (secondary N) is 1. The van der Waals surface area contributed by atoms with E-state index in [9.17, 15) is 4.79 Å². The third kappa shape index (κ3) is 5.04. The molecule has 0 saturated carbocycles. The number of halogens is 2. The zero-order valence-electron chi connectivity index (χ0n) is 15.3. The smallest absolute Gasteiger partial charge is 0.274 e. The largest absolute Gasteiger partial charge is 0.379 e. The Morgan fingerprint density at radius 2 is 2.14 bits per heavy atom. The van der Waals surface area contributed by atoms with Crippen molar-refractivity contribution in [3.8, 4) is 0 Å². The zero-order valence-corrected chi connectivity index (χ0v) is 17.6. The number of aliphatic imine (C=N–C) groups is 1. The topological polar surface area (TPSA) is 93.3 Å². The number of hydrogen-bond donors (Lipinski definition) is 2. The lowest BCUT2D eigenvalue weighted by atomic mass is 9.91. The molecule has 0 saturated heterocycles. The SMILES string of the molecule is C[C@@H]1C[C@@](C)(c2cc(NC(=O)c3ccc(C=C(Cl)Cl)cn3)ccn2)N=C(N)S1. The Kier molecular flexibility index (Phi) is 6.27. The molecule has 0 spiro atoms. The number of anilines is 1. The number of thioether (sulfide) groups is 1. The fourth-order valence-corrected chi connectivity index (χ4v) is 4.36. The van der Waals surface area contributed by atoms with Crippen LogP contribution in [-0.4, -0.2) is 26.3 Å². The van der Waals surface area contributed by atoms with Crippen molar-refractivity contribution in [2.75, 3.05) is 5.32 Å². The molecule has 0 unspecified atom stereocenters. The summed E-state index contributed by atoms with van der Waals surface area (Å²) >= 11 is 12.8. The number of pyridine rings is 2. The Bertz CT molecular complexity index is 944. The Hall–Kier alpha value is -2.09. The first-order chi connectivity index (χ1) is 13.2. The van der Waals surface area contributed by atoms with Crippen molar-refractivity contribution in [1.82, 2.24) is 9.97 Å². The lowest BCUT2D eigenvalue weighted by Crippen LogP contribution is -2.33. The van der Waals surface area contributed by atoms with Crippen molar-refractivity contribution < 1.29 is 4.79 Å². The standard InChI is InChI=1S/C19H19Cl2N5OS/c1-11-9-19(2,26-18(22)28-11)15-8-13(5-6-23-15)25-17(27)14-4-3-12(10-24-14)7-16(20)21/h3-8,10-11H,9H2,1-2H3,(H2,22,26)(H,23,25,27)/t11-,19+/m1/s1. The third-order valence-corrected chi connectivity index (χ3v) is 5.35. The van der Waals surface area contributed by atoms with Crippen LogP contribution in [-0.2, 0) is 5.54 Å². The fraction of sp³-hybridized carbons (Fsp3) is 0.263. The van der Waals surface area contributed by atoms with Crippen LogP contribution in [0.1, 0.15) is 42.0 Å². The first kappa shape index (κ1) is 20.6. The van der Waals surface area contributed by atoms with Gasteiger partial charge in [-0.3, -0.25) is 14.8 Å². The van der Waals surface area contributed by atoms with E-state index >= 15 is 0 Å². The Labute approximate surface area is 177 Å². The molecule has 2 aromatic rings. The average molecular weight is 436 g/mol. The predicted molar refractivity (Wildman–Crippen MR) is 117 cm³/mol. The van der Waals surface area contributed by atoms with Crippen LogP contribution in [0.4, 0.5) is 5.69 Å². The van der Waals surface area contributed by atoms with Gasteiger partial charge in [-0.25, -0.2) is 4.99 Å². The maximum atomic E-state index is 12.5. The van der Waals surface area contributed by atoms with Gasteiger partial charge < -0.3 is 11.1 Å². The first-order valence-electron chi connectivity index (χ1n) is 8.54. The second-order valence-corrected chi connectivity index (χ2v) is 9.12. The van der Waals surface area contributed by atoms with Gasteiger partial charge in [0.2, 0.25) is 0 Å². The minimum Gasteiger partial charge on any atom is -0.379 e. The van der Waals surface area contributed by atoms with Gasteiger partial charge in [-0.1, -0.05) is 48.0 Å². The summed E-state index contributed by atoms with van der Waals surface area (Å²) in [5, 5.41) is 3.73. The molecule has 2 aromatic heterocycles. The second-order valence-electron chi connectivity index (χ2n) is 6.65. The van der Waals surface area contributed by atoms with Crippen LogP contribution in [0.3, 0.4) is 0 Å². The number of carbonyl (C=O) groups is 1. The molecule has 0 bridgehead atoms. The summed E-state index contributed by atoms with van der Waals surface area (Å²) in [5.74, 6) is -0.328. The van der Waals surface area contributed by atoms with Crippen LogP contribution in [0.25, 0.3) is 6.08 Å². The minimum absolute atomic E-state index is 0.121. The van der Waals surface area contributed by atoms with Crippen molar-refractivity contribution in [3.63, 3.8) is 0 Å². The molecule has 146 valence electrons. The molecule has 3 N–H and O–H groups in total. The van der Waals surface area contributed by atoms with E-state index in [1.54, 1.807) is 42.2 Å². The quantitative estimate of drug-likeness (QED) is 0.733. The number of amidine groups is 1. The van der Waals surface area contributed by atoms with Gasteiger partial charge in [-0.05, 0) is 43.2 Å². The average Bonchev–Trinajstić information content (AvgIpc) is 2.61. The molecule has 9 heteroatoms. The molecule has 6 nitrogen and oxygen atoms in total. The van der Waals surface area contributed by atoms with Crippen molar-refractivity contribution in [2.45, 2.75) is 31.1 Å². The Morgan fingerprint density at radius 3 is 2.79 bits per heavy atom. The number of carbonyl (C=O) groups excluding carboxylic acids is 1. The highest BCUT2D eigenvalue weighted by molar-refractivity contribution is 8.14. The molecule has 0 aliphatic carbocycles. The molecule has 2 atom stereocenters. The van der Waals surface area contributed by atoms with E-state index in [1.807, 2.05) is 13.0 Å². The van der Waals surface area contributed by atoms with Gasteiger partial charge in [-0.15, -0.1) is 0 Å². The number of aromatic nitrogens is 2. The minimum atomic E-state index is -0.525. The van der Waals surface area contributed by atoms with E-state index in [0.717, 1.165) is 12.1 Å². The van der Waals surface area contributed by atoms with Crippen molar-refractivity contribution >= 4 is 57.8 Å². The Morgan fingerprint density at radius 1 is 1.36 bits per heavy atom. The molecular weight excluding hydrogens is 417 g/mol. The van der Waals surface area contributed by atoms with Gasteiger partial charge in [-0.2, -0.15) is 0 Å². The molecule has 3 heterocycles. The van der Waals surface area contributed by atoms with Crippen LogP contribution in [0.15, 0.2) is 46.1 Å². The van der Waals surface area contributed by atoms with E-state index in [0.29, 0.717) is 21.7 Å². The highest BCUT2D eigenvalue weighted by Crippen LogP contribution is 2.38. The van der Waals surface area contributed by atoms with Gasteiger partial charge in [0.05, 0.1) is 5.69 Å². The van der Waals surface area contributed by atoms with Crippen LogP contribution in [0.2, 0.25) is 0 Å². The highest BCUT2D eigenvalue weighted by atomic mass is 35.5. The van der Waals surface area contributed by atoms with Gasteiger partial charge in [0.25, 0.3) is 5.91 Å². The summed E-state index contributed by atoms with van der Waals surface area (Å²) in [5.41, 5.74) is 7.79. The van der Waals surface area contributed by atoms with Crippen molar-refractivity contribution in [1.29, 1.82) is 0 Å². The number of nitrogens with zero attached hydrogens (tertiary/aromatic N) is 3. The maximum absolute atomic E-state index is 12.5. The summed E-state index contributed by atoms with van der Waals surface area (Å²) in [6, 6.07) is 6.86. The fourth-order valence-electron chi connectivity index (χ4n) is 3.03. The molecule has 0 aromatic carbocycles. The molecule has 1 aliphatic rings. The highest BCUT2D eigenvalue weighted by Gasteiger charge is 2.34. The van der Waals surface area contributed by atoms with Crippen molar-refractivity contribution in [2.24, 2.45) is 10.7 Å². The molecule has 0 radical (unpaired) electrons. The van der Waals surface area contributed by atoms with Crippen LogP contribution < -0.4 is 11.1 Å². The summed E-state index contributed by atoms with van der Waals surface area (Å²) in [6.45, 7) is 4.11. The van der Waals surface area contributed by atoms with Crippen LogP contribution >= 0.6 is 35.0 Å². The van der Waals surface area contributed by atoms with Gasteiger partial charge in [0.1, 0.15) is 15.7 Å². The van der Waals surface area contributed by atoms with Crippen LogP contribution in [0.5, 0.6) is 0 Å². The maximum Gasteiger partial charge on any atom is 0.274 e. The zero-order chi connectivity index (χ0) is 20.3. The molecule has 1 amide bonds. The molecule has 3 rings (SSSR count). The lowest BCUT2D eigenvalue weighted by molar-refractivity contribution is 0.102.